The Morgan fingerprint density at radius 3 is 2.06 bits per heavy atom. The fourth-order valence-corrected chi connectivity index (χ4v) is 2.68. The number of rotatable bonds is 2. The molecule has 1 aliphatic rings. The SMILES string of the molecule is CC(=CC1CCC(C(C)(C)C)CC1)C(C)N. The zero-order valence-corrected chi connectivity index (χ0v) is 11.7. The van der Waals surface area contributed by atoms with Crippen LogP contribution in [0.2, 0.25) is 0 Å². The fourth-order valence-electron chi connectivity index (χ4n) is 2.68. The Hall–Kier alpha value is -0.300. The molecule has 0 aromatic carbocycles. The van der Waals surface area contributed by atoms with Gasteiger partial charge in [-0.3, -0.25) is 0 Å². The molecule has 1 fully saturated rings. The van der Waals surface area contributed by atoms with Crippen molar-refractivity contribution in [1.29, 1.82) is 0 Å². The summed E-state index contributed by atoms with van der Waals surface area (Å²) in [6.07, 6.45) is 7.90. The van der Waals surface area contributed by atoms with Crippen LogP contribution < -0.4 is 5.73 Å². The normalized spacial score (nSPS) is 30.2. The highest BCUT2D eigenvalue weighted by atomic mass is 14.6. The summed E-state index contributed by atoms with van der Waals surface area (Å²) in [6.45, 7) is 11.4. The van der Waals surface area contributed by atoms with Gasteiger partial charge in [-0.2, -0.15) is 0 Å². The molecule has 0 aliphatic heterocycles. The second-order valence-corrected chi connectivity index (χ2v) is 6.68. The van der Waals surface area contributed by atoms with Crippen molar-refractivity contribution in [3.8, 4) is 0 Å². The lowest BCUT2D eigenvalue weighted by atomic mass is 9.69. The second-order valence-electron chi connectivity index (χ2n) is 6.68. The first-order valence-corrected chi connectivity index (χ1v) is 6.74. The molecule has 1 rings (SSSR count). The van der Waals surface area contributed by atoms with E-state index in [9.17, 15) is 0 Å². The number of allylic oxidation sites excluding steroid dienone is 1. The first kappa shape index (κ1) is 13.8. The largest absolute Gasteiger partial charge is 0.324 e. The molecule has 94 valence electrons. The van der Waals surface area contributed by atoms with Gasteiger partial charge in [0, 0.05) is 6.04 Å². The zero-order chi connectivity index (χ0) is 12.3. The molecule has 1 atom stereocenters. The molecule has 0 saturated heterocycles. The molecule has 2 N–H and O–H groups in total. The monoisotopic (exact) mass is 223 g/mol. The van der Waals surface area contributed by atoms with Gasteiger partial charge in [0.15, 0.2) is 0 Å². The Labute approximate surface area is 101 Å². The van der Waals surface area contributed by atoms with E-state index in [1.807, 2.05) is 0 Å². The van der Waals surface area contributed by atoms with Crippen molar-refractivity contribution < 1.29 is 0 Å². The van der Waals surface area contributed by atoms with Crippen molar-refractivity contribution in [2.24, 2.45) is 23.0 Å². The Balaban J connectivity index is 2.47. The highest BCUT2D eigenvalue weighted by Gasteiger charge is 2.28. The van der Waals surface area contributed by atoms with Crippen LogP contribution in [0.3, 0.4) is 0 Å². The topological polar surface area (TPSA) is 26.0 Å². The third-order valence-corrected chi connectivity index (χ3v) is 4.21. The van der Waals surface area contributed by atoms with Gasteiger partial charge in [-0.1, -0.05) is 32.4 Å². The minimum atomic E-state index is 0.223. The van der Waals surface area contributed by atoms with Crippen molar-refractivity contribution >= 4 is 0 Å². The standard InChI is InChI=1S/C15H29N/c1-11(12(2)16)10-13-6-8-14(9-7-13)15(3,4)5/h10,12-14H,6-9,16H2,1-5H3. The highest BCUT2D eigenvalue weighted by molar-refractivity contribution is 5.08. The average molecular weight is 223 g/mol. The van der Waals surface area contributed by atoms with E-state index in [-0.39, 0.29) is 6.04 Å². The minimum Gasteiger partial charge on any atom is -0.324 e. The maximum Gasteiger partial charge on any atom is 0.0222 e. The molecule has 1 heteroatoms. The maximum absolute atomic E-state index is 5.88. The Kier molecular flexibility index (Phi) is 4.61. The molecule has 0 amide bonds. The van der Waals surface area contributed by atoms with Crippen LogP contribution in [0.4, 0.5) is 0 Å². The predicted molar refractivity (Wildman–Crippen MR) is 72.3 cm³/mol. The van der Waals surface area contributed by atoms with Gasteiger partial charge in [0.05, 0.1) is 0 Å². The van der Waals surface area contributed by atoms with Crippen LogP contribution in [0.15, 0.2) is 11.6 Å². The Morgan fingerprint density at radius 2 is 1.69 bits per heavy atom. The second kappa shape index (κ2) is 5.35. The smallest absolute Gasteiger partial charge is 0.0222 e. The summed E-state index contributed by atoms with van der Waals surface area (Å²) in [4.78, 5) is 0. The van der Waals surface area contributed by atoms with E-state index in [2.05, 4.69) is 40.7 Å². The summed E-state index contributed by atoms with van der Waals surface area (Å²) < 4.78 is 0. The van der Waals surface area contributed by atoms with Gasteiger partial charge >= 0.3 is 0 Å². The van der Waals surface area contributed by atoms with E-state index < -0.39 is 0 Å². The van der Waals surface area contributed by atoms with Gasteiger partial charge in [-0.05, 0) is 56.8 Å². The molecule has 0 heterocycles. The molecular formula is C15H29N. The molecule has 1 aliphatic carbocycles. The van der Waals surface area contributed by atoms with Gasteiger partial charge in [-0.15, -0.1) is 0 Å². The van der Waals surface area contributed by atoms with Gasteiger partial charge < -0.3 is 5.73 Å². The zero-order valence-electron chi connectivity index (χ0n) is 11.7. The maximum atomic E-state index is 5.88. The summed E-state index contributed by atoms with van der Waals surface area (Å²) in [5, 5.41) is 0. The highest BCUT2D eigenvalue weighted by Crippen LogP contribution is 2.40. The Morgan fingerprint density at radius 1 is 1.19 bits per heavy atom. The molecule has 0 bridgehead atoms. The fraction of sp³-hybridized carbons (Fsp3) is 0.867. The van der Waals surface area contributed by atoms with Gasteiger partial charge in [0.25, 0.3) is 0 Å². The van der Waals surface area contributed by atoms with Crippen molar-refractivity contribution in [2.45, 2.75) is 66.3 Å². The van der Waals surface area contributed by atoms with Gasteiger partial charge in [0.1, 0.15) is 0 Å². The molecule has 0 aromatic rings. The predicted octanol–water partition coefficient (Wildman–Crippen LogP) is 4.13. The summed E-state index contributed by atoms with van der Waals surface area (Å²) in [7, 11) is 0. The molecule has 1 unspecified atom stereocenters. The van der Waals surface area contributed by atoms with Crippen molar-refractivity contribution in [3.05, 3.63) is 11.6 Å². The summed E-state index contributed by atoms with van der Waals surface area (Å²) in [6, 6.07) is 0.223. The van der Waals surface area contributed by atoms with E-state index in [1.54, 1.807) is 0 Å². The molecule has 1 saturated carbocycles. The molecular weight excluding hydrogens is 194 g/mol. The molecule has 1 nitrogen and oxygen atoms in total. The quantitative estimate of drug-likeness (QED) is 0.700. The van der Waals surface area contributed by atoms with Crippen LogP contribution in [0.1, 0.15) is 60.3 Å². The van der Waals surface area contributed by atoms with Crippen molar-refractivity contribution in [1.82, 2.24) is 0 Å². The summed E-state index contributed by atoms with van der Waals surface area (Å²) >= 11 is 0. The van der Waals surface area contributed by atoms with E-state index >= 15 is 0 Å². The van der Waals surface area contributed by atoms with E-state index in [0.717, 1.165) is 11.8 Å². The number of nitrogens with two attached hydrogens (primary N) is 1. The van der Waals surface area contributed by atoms with Crippen LogP contribution in [0.5, 0.6) is 0 Å². The van der Waals surface area contributed by atoms with Crippen molar-refractivity contribution in [2.75, 3.05) is 0 Å². The van der Waals surface area contributed by atoms with E-state index in [1.165, 1.54) is 31.3 Å². The lowest BCUT2D eigenvalue weighted by Gasteiger charge is -2.36. The first-order chi connectivity index (χ1) is 7.30. The summed E-state index contributed by atoms with van der Waals surface area (Å²) in [5.74, 6) is 1.69. The molecule has 0 radical (unpaired) electrons. The van der Waals surface area contributed by atoms with Crippen LogP contribution in [-0.4, -0.2) is 6.04 Å². The molecule has 0 spiro atoms. The Bertz CT molecular complexity index is 237. The first-order valence-electron chi connectivity index (χ1n) is 6.74. The van der Waals surface area contributed by atoms with Gasteiger partial charge in [-0.25, -0.2) is 0 Å². The lowest BCUT2D eigenvalue weighted by Crippen LogP contribution is -2.26. The van der Waals surface area contributed by atoms with E-state index in [4.69, 9.17) is 5.73 Å². The van der Waals surface area contributed by atoms with E-state index in [0.29, 0.717) is 5.41 Å². The molecule has 0 aromatic heterocycles. The van der Waals surface area contributed by atoms with Crippen molar-refractivity contribution in [3.63, 3.8) is 0 Å². The minimum absolute atomic E-state index is 0.223. The third-order valence-electron chi connectivity index (χ3n) is 4.21. The summed E-state index contributed by atoms with van der Waals surface area (Å²) in [5.41, 5.74) is 7.73. The average Bonchev–Trinajstić information content (AvgIpc) is 2.17. The number of hydrogen-bond acceptors (Lipinski definition) is 1. The number of hydrogen-bond donors (Lipinski definition) is 1. The van der Waals surface area contributed by atoms with Crippen LogP contribution in [0.25, 0.3) is 0 Å². The van der Waals surface area contributed by atoms with Crippen LogP contribution in [0, 0.1) is 17.3 Å². The van der Waals surface area contributed by atoms with Crippen LogP contribution >= 0.6 is 0 Å². The van der Waals surface area contributed by atoms with Crippen LogP contribution in [-0.2, 0) is 0 Å². The third kappa shape index (κ3) is 3.93. The van der Waals surface area contributed by atoms with Gasteiger partial charge in [0.2, 0.25) is 0 Å². The molecule has 16 heavy (non-hydrogen) atoms. The lowest BCUT2D eigenvalue weighted by molar-refractivity contribution is 0.162.